The van der Waals surface area contributed by atoms with Gasteiger partial charge in [0.05, 0.1) is 16.8 Å². The van der Waals surface area contributed by atoms with E-state index in [-0.39, 0.29) is 0 Å². The predicted molar refractivity (Wildman–Crippen MR) is 93.4 cm³/mol. The number of carbonyl (C=O) groups is 1. The van der Waals surface area contributed by atoms with E-state index in [0.29, 0.717) is 11.5 Å². The minimum absolute atomic E-state index is 0.316. The van der Waals surface area contributed by atoms with Gasteiger partial charge in [0, 0.05) is 24.2 Å². The molecule has 0 amide bonds. The van der Waals surface area contributed by atoms with E-state index in [4.69, 9.17) is 0 Å². The second kappa shape index (κ2) is 6.11. The fraction of sp³-hybridized carbons (Fsp3) is 0.300. The zero-order valence-electron chi connectivity index (χ0n) is 13.5. The zero-order chi connectivity index (χ0) is 16.5. The Morgan fingerprint density at radius 2 is 1.96 bits per heavy atom. The first-order chi connectivity index (χ1) is 11.7. The van der Waals surface area contributed by atoms with Crippen molar-refractivity contribution in [2.45, 2.75) is 38.0 Å². The minimum atomic E-state index is -0.907. The summed E-state index contributed by atoms with van der Waals surface area (Å²) in [6, 6.07) is 9.71. The van der Waals surface area contributed by atoms with Gasteiger partial charge in [0.15, 0.2) is 0 Å². The second-order valence-electron chi connectivity index (χ2n) is 6.52. The number of carboxylic acid groups (broad SMARTS) is 1. The lowest BCUT2D eigenvalue weighted by Crippen LogP contribution is -2.07. The average Bonchev–Trinajstić information content (AvgIpc) is 3.10. The molecule has 0 atom stereocenters. The molecule has 4 nitrogen and oxygen atoms in total. The highest BCUT2D eigenvalue weighted by Gasteiger charge is 2.20. The summed E-state index contributed by atoms with van der Waals surface area (Å²) in [4.78, 5) is 16.2. The van der Waals surface area contributed by atoms with Crippen molar-refractivity contribution in [1.29, 1.82) is 0 Å². The van der Waals surface area contributed by atoms with E-state index in [1.54, 1.807) is 12.3 Å². The number of aromatic carboxylic acids is 1. The van der Waals surface area contributed by atoms with Crippen molar-refractivity contribution in [3.8, 4) is 11.3 Å². The van der Waals surface area contributed by atoms with Crippen molar-refractivity contribution in [3.05, 3.63) is 60.0 Å². The number of hydrogen-bond acceptors (Lipinski definition) is 2. The Hall–Kier alpha value is -2.62. The van der Waals surface area contributed by atoms with Crippen LogP contribution in [0.3, 0.4) is 0 Å². The lowest BCUT2D eigenvalue weighted by Gasteiger charge is -2.23. The van der Waals surface area contributed by atoms with Gasteiger partial charge in [-0.3, -0.25) is 4.98 Å². The van der Waals surface area contributed by atoms with E-state index >= 15 is 0 Å². The molecule has 1 fully saturated rings. The summed E-state index contributed by atoms with van der Waals surface area (Å²) in [6.07, 6.45) is 11.8. The summed E-state index contributed by atoms with van der Waals surface area (Å²) in [5, 5.41) is 9.62. The van der Waals surface area contributed by atoms with Crippen LogP contribution in [0, 0.1) is 0 Å². The number of carboxylic acids is 1. The molecule has 122 valence electrons. The van der Waals surface area contributed by atoms with Crippen molar-refractivity contribution in [3.63, 3.8) is 0 Å². The molecule has 2 aromatic heterocycles. The highest BCUT2D eigenvalue weighted by atomic mass is 16.4. The fourth-order valence-electron chi connectivity index (χ4n) is 3.81. The van der Waals surface area contributed by atoms with Gasteiger partial charge >= 0.3 is 5.97 Å². The van der Waals surface area contributed by atoms with Crippen LogP contribution in [0.4, 0.5) is 0 Å². The maximum Gasteiger partial charge on any atom is 0.336 e. The molecule has 1 N–H and O–H groups in total. The van der Waals surface area contributed by atoms with E-state index in [2.05, 4.69) is 11.1 Å². The Balaban J connectivity index is 1.88. The van der Waals surface area contributed by atoms with Crippen LogP contribution in [0.2, 0.25) is 0 Å². The molecule has 4 heteroatoms. The van der Waals surface area contributed by atoms with Gasteiger partial charge in [-0.15, -0.1) is 0 Å². The molecule has 0 radical (unpaired) electrons. The lowest BCUT2D eigenvalue weighted by molar-refractivity contribution is 0.0697. The Labute approximate surface area is 140 Å². The number of nitrogens with zero attached hydrogens (tertiary/aromatic N) is 2. The van der Waals surface area contributed by atoms with Crippen molar-refractivity contribution >= 4 is 11.5 Å². The molecule has 4 rings (SSSR count). The maximum absolute atomic E-state index is 11.7. The molecule has 24 heavy (non-hydrogen) atoms. The molecule has 0 aliphatic heterocycles. The van der Waals surface area contributed by atoms with Crippen LogP contribution < -0.4 is 0 Å². The largest absolute Gasteiger partial charge is 0.478 e. The first-order valence-electron chi connectivity index (χ1n) is 8.53. The summed E-state index contributed by atoms with van der Waals surface area (Å²) in [7, 11) is 0. The summed E-state index contributed by atoms with van der Waals surface area (Å²) >= 11 is 0. The van der Waals surface area contributed by atoms with Gasteiger partial charge in [0.1, 0.15) is 0 Å². The molecular weight excluding hydrogens is 300 g/mol. The Morgan fingerprint density at radius 3 is 2.75 bits per heavy atom. The van der Waals surface area contributed by atoms with Gasteiger partial charge in [-0.25, -0.2) is 4.79 Å². The highest BCUT2D eigenvalue weighted by molar-refractivity contribution is 5.98. The second-order valence-corrected chi connectivity index (χ2v) is 6.52. The van der Waals surface area contributed by atoms with Gasteiger partial charge in [-0.2, -0.15) is 0 Å². The fourth-order valence-corrected chi connectivity index (χ4v) is 3.81. The molecule has 1 aromatic carbocycles. The number of aromatic nitrogens is 2. The maximum atomic E-state index is 11.7. The standard InChI is InChI=1S/C20H20N2O2/c23-20(24)16-9-8-15(14-5-2-1-3-6-14)13-17(16)19-18-7-4-11-22(18)12-10-21-19/h4,7-14H,1-3,5-6H2,(H,23,24). The monoisotopic (exact) mass is 320 g/mol. The van der Waals surface area contributed by atoms with Crippen LogP contribution in [0.15, 0.2) is 48.9 Å². The third-order valence-corrected chi connectivity index (χ3v) is 5.06. The molecule has 0 unspecified atom stereocenters. The van der Waals surface area contributed by atoms with Gasteiger partial charge < -0.3 is 9.51 Å². The molecule has 1 aliphatic carbocycles. The summed E-state index contributed by atoms with van der Waals surface area (Å²) < 4.78 is 1.97. The highest BCUT2D eigenvalue weighted by Crippen LogP contribution is 2.36. The summed E-state index contributed by atoms with van der Waals surface area (Å²) in [5.41, 5.74) is 3.94. The van der Waals surface area contributed by atoms with Crippen molar-refractivity contribution in [2.24, 2.45) is 0 Å². The van der Waals surface area contributed by atoms with Crippen LogP contribution in [0.5, 0.6) is 0 Å². The topological polar surface area (TPSA) is 54.6 Å². The summed E-state index contributed by atoms with van der Waals surface area (Å²) in [6.45, 7) is 0. The number of rotatable bonds is 3. The van der Waals surface area contributed by atoms with Crippen molar-refractivity contribution in [1.82, 2.24) is 9.38 Å². The average molecular weight is 320 g/mol. The van der Waals surface area contributed by atoms with Gasteiger partial charge in [0.25, 0.3) is 0 Å². The predicted octanol–water partition coefficient (Wildman–Crippen LogP) is 4.75. The van der Waals surface area contributed by atoms with Crippen molar-refractivity contribution in [2.75, 3.05) is 0 Å². The molecule has 3 aromatic rings. The van der Waals surface area contributed by atoms with Crippen molar-refractivity contribution < 1.29 is 9.90 Å². The normalized spacial score (nSPS) is 15.7. The van der Waals surface area contributed by atoms with E-state index in [1.807, 2.05) is 35.0 Å². The van der Waals surface area contributed by atoms with Crippen LogP contribution in [-0.2, 0) is 0 Å². The van der Waals surface area contributed by atoms with Crippen LogP contribution in [0.1, 0.15) is 53.9 Å². The quantitative estimate of drug-likeness (QED) is 0.758. The van der Waals surface area contributed by atoms with Crippen LogP contribution in [-0.4, -0.2) is 20.5 Å². The van der Waals surface area contributed by atoms with E-state index < -0.39 is 5.97 Å². The molecule has 0 spiro atoms. The van der Waals surface area contributed by atoms with Crippen LogP contribution >= 0.6 is 0 Å². The smallest absolute Gasteiger partial charge is 0.336 e. The first-order valence-corrected chi connectivity index (χ1v) is 8.53. The Bertz CT molecular complexity index is 892. The molecule has 0 saturated heterocycles. The summed E-state index contributed by atoms with van der Waals surface area (Å²) in [5.74, 6) is -0.373. The minimum Gasteiger partial charge on any atom is -0.478 e. The first kappa shape index (κ1) is 14.9. The Kier molecular flexibility index (Phi) is 3.81. The molecule has 1 aliphatic rings. The van der Waals surface area contributed by atoms with E-state index in [1.165, 1.54) is 37.7 Å². The molecule has 0 bridgehead atoms. The third-order valence-electron chi connectivity index (χ3n) is 5.06. The van der Waals surface area contributed by atoms with E-state index in [9.17, 15) is 9.90 Å². The molecular formula is C20H20N2O2. The molecule has 1 saturated carbocycles. The van der Waals surface area contributed by atoms with Gasteiger partial charge in [0.2, 0.25) is 0 Å². The number of benzene rings is 1. The zero-order valence-corrected chi connectivity index (χ0v) is 13.5. The van der Waals surface area contributed by atoms with Gasteiger partial charge in [-0.05, 0) is 48.6 Å². The SMILES string of the molecule is O=C(O)c1ccc(C2CCCCC2)cc1-c1nccn2cccc12. The van der Waals surface area contributed by atoms with Gasteiger partial charge in [-0.1, -0.05) is 25.3 Å². The molecule has 2 heterocycles. The third kappa shape index (κ3) is 2.58. The van der Waals surface area contributed by atoms with E-state index in [0.717, 1.165) is 16.8 Å². The lowest BCUT2D eigenvalue weighted by atomic mass is 9.83. The van der Waals surface area contributed by atoms with Crippen LogP contribution in [0.25, 0.3) is 16.8 Å². The Morgan fingerprint density at radius 1 is 1.12 bits per heavy atom. The number of hydrogen-bond donors (Lipinski definition) is 1. The number of fused-ring (bicyclic) bond motifs is 1.